The van der Waals surface area contributed by atoms with Crippen molar-refractivity contribution < 1.29 is 8.23 Å². The van der Waals surface area contributed by atoms with E-state index in [1.165, 1.54) is 0 Å². The van der Waals surface area contributed by atoms with Crippen LogP contribution in [0.1, 0.15) is 6.42 Å². The van der Waals surface area contributed by atoms with Gasteiger partial charge < -0.3 is 19.3 Å². The fraction of sp³-hybridized carbons (Fsp3) is 1.00. The van der Waals surface area contributed by atoms with Crippen LogP contribution in [0, 0.1) is 0 Å². The second-order valence-electron chi connectivity index (χ2n) is 8.85. The Labute approximate surface area is 142 Å². The maximum Gasteiger partial charge on any atom is 0.314 e. The third-order valence-electron chi connectivity index (χ3n) is 4.10. The zero-order valence-corrected chi connectivity index (χ0v) is 20.4. The van der Waals surface area contributed by atoms with E-state index in [1.807, 2.05) is 0 Å². The quantitative estimate of drug-likeness (QED) is 0.425. The predicted molar refractivity (Wildman–Crippen MR) is 109 cm³/mol. The molecule has 4 nitrogen and oxygen atoms in total. The summed E-state index contributed by atoms with van der Waals surface area (Å²) in [5.74, 6) is 0. The Hall–Kier alpha value is 0.708. The molecule has 0 aliphatic heterocycles. The van der Waals surface area contributed by atoms with Crippen LogP contribution < -0.4 is 11.1 Å². The summed E-state index contributed by atoms with van der Waals surface area (Å²) >= 11 is 0. The molecule has 0 aromatic carbocycles. The highest BCUT2D eigenvalue weighted by atomic mass is 29.3. The lowest BCUT2D eigenvalue weighted by molar-refractivity contribution is 0.384. The van der Waals surface area contributed by atoms with Crippen molar-refractivity contribution >= 4 is 32.3 Å². The largest absolute Gasteiger partial charge is 0.439 e. The molecular weight excluding hydrogens is 341 g/mol. The highest BCUT2D eigenvalue weighted by Crippen LogP contribution is 2.29. The number of nitrogens with one attached hydrogen (secondary N) is 1. The van der Waals surface area contributed by atoms with E-state index in [-0.39, 0.29) is 0 Å². The first-order valence-electron chi connectivity index (χ1n) is 8.54. The Kier molecular flexibility index (Phi) is 8.98. The molecule has 3 N–H and O–H groups in total. The van der Waals surface area contributed by atoms with Crippen LogP contribution in [-0.4, -0.2) is 51.9 Å². The van der Waals surface area contributed by atoms with Crippen molar-refractivity contribution in [3.63, 3.8) is 0 Å². The summed E-state index contributed by atoms with van der Waals surface area (Å²) in [5.41, 5.74) is 5.52. The maximum atomic E-state index is 6.87. The minimum Gasteiger partial charge on any atom is -0.439 e. The van der Waals surface area contributed by atoms with Crippen LogP contribution in [0.15, 0.2) is 0 Å². The molecule has 0 fully saturated rings. The van der Waals surface area contributed by atoms with Crippen LogP contribution in [0.2, 0.25) is 65.0 Å². The predicted octanol–water partition coefficient (Wildman–Crippen LogP) is 3.49. The minimum absolute atomic E-state index is 0.701. The Morgan fingerprint density at radius 3 is 1.77 bits per heavy atom. The summed E-state index contributed by atoms with van der Waals surface area (Å²) in [6.45, 7) is 23.8. The Bertz CT molecular complexity index is 330. The normalized spacial score (nSPS) is 16.6. The molecule has 0 aliphatic carbocycles. The van der Waals surface area contributed by atoms with E-state index in [2.05, 4.69) is 64.2 Å². The van der Waals surface area contributed by atoms with Gasteiger partial charge in [0, 0.05) is 13.1 Å². The van der Waals surface area contributed by atoms with Crippen LogP contribution in [0.25, 0.3) is 0 Å². The summed E-state index contributed by atoms with van der Waals surface area (Å²) in [6, 6.07) is 1.08. The fourth-order valence-corrected chi connectivity index (χ4v) is 19.8. The van der Waals surface area contributed by atoms with Gasteiger partial charge in [0.2, 0.25) is 0 Å². The van der Waals surface area contributed by atoms with Crippen LogP contribution in [0.4, 0.5) is 0 Å². The highest BCUT2D eigenvalue weighted by molar-refractivity contribution is 7.38. The van der Waals surface area contributed by atoms with E-state index >= 15 is 0 Å². The molecule has 0 saturated carbocycles. The highest BCUT2D eigenvalue weighted by Gasteiger charge is 2.47. The number of hydrogen-bond acceptors (Lipinski definition) is 4. The van der Waals surface area contributed by atoms with Gasteiger partial charge in [0.25, 0.3) is 0 Å². The smallest absolute Gasteiger partial charge is 0.314 e. The van der Waals surface area contributed by atoms with Crippen molar-refractivity contribution in [2.24, 2.45) is 5.73 Å². The standard InChI is InChI=1S/C14H40N2O2Si4/c1-19(2,3)17-22(9,14-10-12-16-13-11-15)18-21(7,8)20(4,5)6/h16H,10-15H2,1-9H3. The minimum atomic E-state index is -2.10. The SMILES string of the molecule is C[Si](C)(C)O[Si](C)(CCCNCCN)O[Si](C)(C)[Si](C)(C)C. The Morgan fingerprint density at radius 1 is 0.818 bits per heavy atom. The van der Waals surface area contributed by atoms with E-state index < -0.39 is 32.3 Å². The van der Waals surface area contributed by atoms with Gasteiger partial charge in [0.15, 0.2) is 16.2 Å². The molecular formula is C14H40N2O2Si4. The first-order valence-corrected chi connectivity index (χ1v) is 21.9. The molecule has 0 heterocycles. The summed E-state index contributed by atoms with van der Waals surface area (Å²) in [6.07, 6.45) is 1.11. The Morgan fingerprint density at radius 2 is 1.36 bits per heavy atom. The first kappa shape index (κ1) is 22.7. The van der Waals surface area contributed by atoms with E-state index in [0.29, 0.717) is 6.54 Å². The summed E-state index contributed by atoms with van der Waals surface area (Å²) in [5, 5.41) is 3.38. The zero-order chi connectivity index (χ0) is 17.7. The van der Waals surface area contributed by atoms with Crippen molar-refractivity contribution in [1.29, 1.82) is 0 Å². The average molecular weight is 381 g/mol. The van der Waals surface area contributed by atoms with Gasteiger partial charge in [-0.1, -0.05) is 19.6 Å². The van der Waals surface area contributed by atoms with E-state index in [4.69, 9.17) is 14.0 Å². The number of rotatable bonds is 11. The number of hydrogen-bond donors (Lipinski definition) is 2. The molecule has 0 rings (SSSR count). The van der Waals surface area contributed by atoms with Crippen molar-refractivity contribution in [2.75, 3.05) is 19.6 Å². The van der Waals surface area contributed by atoms with Crippen LogP contribution in [0.3, 0.4) is 0 Å². The summed E-state index contributed by atoms with van der Waals surface area (Å²) < 4.78 is 13.5. The molecule has 0 aromatic rings. The van der Waals surface area contributed by atoms with Crippen LogP contribution >= 0.6 is 0 Å². The molecule has 1 unspecified atom stereocenters. The van der Waals surface area contributed by atoms with Crippen molar-refractivity contribution in [2.45, 2.75) is 71.4 Å². The van der Waals surface area contributed by atoms with E-state index in [0.717, 1.165) is 25.6 Å². The number of nitrogens with two attached hydrogens (primary N) is 1. The maximum absolute atomic E-state index is 6.87. The fourth-order valence-electron chi connectivity index (χ4n) is 2.22. The molecule has 134 valence electrons. The molecule has 0 spiro atoms. The van der Waals surface area contributed by atoms with Crippen LogP contribution in [0.5, 0.6) is 0 Å². The molecule has 0 aromatic heterocycles. The van der Waals surface area contributed by atoms with Gasteiger partial charge >= 0.3 is 8.56 Å². The lowest BCUT2D eigenvalue weighted by Crippen LogP contribution is -2.62. The van der Waals surface area contributed by atoms with E-state index in [9.17, 15) is 0 Å². The lowest BCUT2D eigenvalue weighted by Gasteiger charge is -2.44. The van der Waals surface area contributed by atoms with Gasteiger partial charge in [0.05, 0.1) is 7.59 Å². The van der Waals surface area contributed by atoms with Gasteiger partial charge in [-0.3, -0.25) is 0 Å². The molecule has 0 amide bonds. The molecule has 0 aliphatic rings. The second-order valence-corrected chi connectivity index (χ2v) is 33.1. The third-order valence-corrected chi connectivity index (χ3v) is 28.7. The topological polar surface area (TPSA) is 56.5 Å². The molecule has 22 heavy (non-hydrogen) atoms. The first-order chi connectivity index (χ1) is 9.72. The van der Waals surface area contributed by atoms with Crippen molar-refractivity contribution in [3.8, 4) is 0 Å². The van der Waals surface area contributed by atoms with Gasteiger partial charge in [-0.25, -0.2) is 0 Å². The third kappa shape index (κ3) is 9.11. The molecule has 0 bridgehead atoms. The van der Waals surface area contributed by atoms with Crippen molar-refractivity contribution in [1.82, 2.24) is 5.32 Å². The van der Waals surface area contributed by atoms with Crippen molar-refractivity contribution in [3.05, 3.63) is 0 Å². The summed E-state index contributed by atoms with van der Waals surface area (Å²) in [7, 11) is -6.63. The van der Waals surface area contributed by atoms with Gasteiger partial charge in [-0.05, 0) is 58.3 Å². The monoisotopic (exact) mass is 380 g/mol. The summed E-state index contributed by atoms with van der Waals surface area (Å²) in [4.78, 5) is 0. The molecule has 8 heteroatoms. The lowest BCUT2D eigenvalue weighted by atomic mass is 10.5. The molecule has 0 radical (unpaired) electrons. The van der Waals surface area contributed by atoms with Gasteiger partial charge in [0.1, 0.15) is 0 Å². The average Bonchev–Trinajstić information content (AvgIpc) is 2.23. The van der Waals surface area contributed by atoms with E-state index in [1.54, 1.807) is 0 Å². The second kappa shape index (κ2) is 8.70. The zero-order valence-electron chi connectivity index (χ0n) is 16.4. The van der Waals surface area contributed by atoms with Crippen LogP contribution in [-0.2, 0) is 8.23 Å². The molecule has 0 saturated heterocycles. The molecule has 1 atom stereocenters. The Balaban J connectivity index is 4.87. The van der Waals surface area contributed by atoms with Gasteiger partial charge in [-0.2, -0.15) is 0 Å². The van der Waals surface area contributed by atoms with Gasteiger partial charge in [-0.15, -0.1) is 0 Å².